The van der Waals surface area contributed by atoms with Crippen molar-refractivity contribution in [2.24, 2.45) is 5.16 Å². The van der Waals surface area contributed by atoms with Crippen LogP contribution in [0.1, 0.15) is 36.5 Å². The van der Waals surface area contributed by atoms with Crippen LogP contribution in [0.3, 0.4) is 0 Å². The molecule has 0 unspecified atom stereocenters. The molecule has 0 fully saturated rings. The quantitative estimate of drug-likeness (QED) is 0.481. The molecular weight excluding hydrogens is 254 g/mol. The van der Waals surface area contributed by atoms with E-state index in [-0.39, 0.29) is 5.97 Å². The van der Waals surface area contributed by atoms with E-state index in [2.05, 4.69) is 11.2 Å². The molecule has 0 aromatic heterocycles. The second kappa shape index (κ2) is 6.89. The van der Waals surface area contributed by atoms with Crippen LogP contribution in [-0.4, -0.2) is 25.4 Å². The Labute approximate surface area is 119 Å². The number of hydrogen-bond acceptors (Lipinski definition) is 4. The molecule has 20 heavy (non-hydrogen) atoms. The molecule has 0 atom stereocenters. The number of carbonyl (C=O) groups excluding carboxylic acids is 1. The summed E-state index contributed by atoms with van der Waals surface area (Å²) in [6, 6.07) is 6.08. The van der Waals surface area contributed by atoms with Crippen molar-refractivity contribution < 1.29 is 14.4 Å². The first-order chi connectivity index (χ1) is 9.76. The second-order valence-electron chi connectivity index (χ2n) is 4.54. The average Bonchev–Trinajstić information content (AvgIpc) is 2.46. The number of oxime groups is 1. The van der Waals surface area contributed by atoms with Gasteiger partial charge >= 0.3 is 5.97 Å². The number of aryl methyl sites for hydroxylation is 1. The summed E-state index contributed by atoms with van der Waals surface area (Å²) in [5.74, 6) is -0.328. The van der Waals surface area contributed by atoms with Crippen LogP contribution >= 0.6 is 0 Å². The fourth-order valence-corrected chi connectivity index (χ4v) is 2.44. The molecule has 4 nitrogen and oxygen atoms in total. The Morgan fingerprint density at radius 1 is 1.40 bits per heavy atom. The molecule has 0 amide bonds. The van der Waals surface area contributed by atoms with E-state index in [4.69, 9.17) is 9.57 Å². The van der Waals surface area contributed by atoms with Gasteiger partial charge in [0.05, 0.1) is 12.3 Å². The molecule has 0 saturated heterocycles. The second-order valence-corrected chi connectivity index (χ2v) is 4.54. The summed E-state index contributed by atoms with van der Waals surface area (Å²) in [7, 11) is 1.55. The number of nitrogens with zero attached hydrogens (tertiary/aromatic N) is 1. The van der Waals surface area contributed by atoms with E-state index < -0.39 is 0 Å². The van der Waals surface area contributed by atoms with E-state index in [1.54, 1.807) is 20.1 Å². The van der Waals surface area contributed by atoms with Crippen LogP contribution in [0.15, 0.2) is 29.4 Å². The zero-order chi connectivity index (χ0) is 14.4. The largest absolute Gasteiger partial charge is 0.463 e. The summed E-state index contributed by atoms with van der Waals surface area (Å²) in [4.78, 5) is 16.4. The minimum atomic E-state index is -0.328. The molecule has 2 rings (SSSR count). The molecule has 0 aliphatic heterocycles. The van der Waals surface area contributed by atoms with Gasteiger partial charge in [-0.1, -0.05) is 23.4 Å². The predicted octanol–water partition coefficient (Wildman–Crippen LogP) is 2.95. The van der Waals surface area contributed by atoms with E-state index in [0.717, 1.165) is 36.1 Å². The van der Waals surface area contributed by atoms with Crippen LogP contribution in [0, 0.1) is 0 Å². The molecule has 1 aromatic rings. The van der Waals surface area contributed by atoms with Crippen molar-refractivity contribution in [1.29, 1.82) is 0 Å². The van der Waals surface area contributed by atoms with Gasteiger partial charge in [0, 0.05) is 11.6 Å². The molecule has 0 radical (unpaired) electrons. The highest BCUT2D eigenvalue weighted by Crippen LogP contribution is 2.26. The summed E-state index contributed by atoms with van der Waals surface area (Å²) in [6.07, 6.45) is 6.23. The number of rotatable bonds is 4. The van der Waals surface area contributed by atoms with Crippen molar-refractivity contribution in [1.82, 2.24) is 0 Å². The van der Waals surface area contributed by atoms with E-state index in [0.29, 0.717) is 6.61 Å². The van der Waals surface area contributed by atoms with E-state index in [9.17, 15) is 4.79 Å². The van der Waals surface area contributed by atoms with Gasteiger partial charge in [-0.3, -0.25) is 0 Å². The Hall–Kier alpha value is -2.10. The van der Waals surface area contributed by atoms with Gasteiger partial charge in [-0.05, 0) is 43.4 Å². The summed E-state index contributed by atoms with van der Waals surface area (Å²) in [6.45, 7) is 2.17. The lowest BCUT2D eigenvalue weighted by atomic mass is 9.86. The molecule has 0 spiro atoms. The lowest BCUT2D eigenvalue weighted by molar-refractivity contribution is -0.137. The molecule has 1 aliphatic carbocycles. The van der Waals surface area contributed by atoms with Crippen LogP contribution in [-0.2, 0) is 20.8 Å². The summed E-state index contributed by atoms with van der Waals surface area (Å²) < 4.78 is 4.90. The fourth-order valence-electron chi connectivity index (χ4n) is 2.44. The molecule has 0 saturated carbocycles. The molecular formula is C16H19NO3. The van der Waals surface area contributed by atoms with Gasteiger partial charge in [-0.25, -0.2) is 4.79 Å². The minimum absolute atomic E-state index is 0.328. The first-order valence-corrected chi connectivity index (χ1v) is 6.83. The molecule has 0 N–H and O–H groups in total. The first-order valence-electron chi connectivity index (χ1n) is 6.83. The number of fused-ring (bicyclic) bond motifs is 1. The Kier molecular flexibility index (Phi) is 4.93. The number of benzene rings is 1. The normalized spacial score (nSPS) is 16.2. The monoisotopic (exact) mass is 273 g/mol. The van der Waals surface area contributed by atoms with Crippen molar-refractivity contribution in [2.45, 2.75) is 26.2 Å². The number of esters is 1. The van der Waals surface area contributed by atoms with Gasteiger partial charge < -0.3 is 9.57 Å². The molecule has 106 valence electrons. The van der Waals surface area contributed by atoms with E-state index in [1.165, 1.54) is 11.6 Å². The minimum Gasteiger partial charge on any atom is -0.463 e. The molecule has 0 heterocycles. The Balaban J connectivity index is 2.35. The third-order valence-electron chi connectivity index (χ3n) is 3.22. The van der Waals surface area contributed by atoms with Crippen molar-refractivity contribution in [3.63, 3.8) is 0 Å². The number of carbonyl (C=O) groups is 1. The zero-order valence-electron chi connectivity index (χ0n) is 11.9. The molecule has 1 aliphatic rings. The van der Waals surface area contributed by atoms with Crippen LogP contribution in [0.2, 0.25) is 0 Å². The van der Waals surface area contributed by atoms with Crippen LogP contribution in [0.25, 0.3) is 6.08 Å². The van der Waals surface area contributed by atoms with Gasteiger partial charge in [0.1, 0.15) is 7.11 Å². The summed E-state index contributed by atoms with van der Waals surface area (Å²) in [5, 5.41) is 4.12. The van der Waals surface area contributed by atoms with Gasteiger partial charge in [0.25, 0.3) is 0 Å². The van der Waals surface area contributed by atoms with Crippen molar-refractivity contribution in [2.75, 3.05) is 13.7 Å². The zero-order valence-corrected chi connectivity index (χ0v) is 11.9. The maximum atomic E-state index is 11.4. The Bertz CT molecular complexity index is 547. The van der Waals surface area contributed by atoms with Crippen LogP contribution < -0.4 is 0 Å². The molecule has 4 heteroatoms. The topological polar surface area (TPSA) is 47.9 Å². The fraction of sp³-hybridized carbons (Fsp3) is 0.375. The highest BCUT2D eigenvalue weighted by Gasteiger charge is 2.18. The lowest BCUT2D eigenvalue weighted by Crippen LogP contribution is -2.14. The van der Waals surface area contributed by atoms with Crippen molar-refractivity contribution in [3.05, 3.63) is 41.0 Å². The predicted molar refractivity (Wildman–Crippen MR) is 78.6 cm³/mol. The van der Waals surface area contributed by atoms with Crippen LogP contribution in [0.4, 0.5) is 0 Å². The first kappa shape index (κ1) is 14.3. The summed E-state index contributed by atoms with van der Waals surface area (Å²) in [5.41, 5.74) is 4.25. The van der Waals surface area contributed by atoms with Crippen LogP contribution in [0.5, 0.6) is 0 Å². The number of ether oxygens (including phenoxy) is 1. The number of hydrogen-bond donors (Lipinski definition) is 0. The Morgan fingerprint density at radius 2 is 2.25 bits per heavy atom. The Morgan fingerprint density at radius 3 is 3.00 bits per heavy atom. The van der Waals surface area contributed by atoms with Gasteiger partial charge in [0.2, 0.25) is 0 Å². The maximum absolute atomic E-state index is 11.4. The standard InChI is InChI=1S/C16H19NO3/c1-3-20-15(18)11-10-13-7-4-6-12-8-5-9-14(16(12)13)17-19-2/h4,6-7,10-11H,3,5,8-9H2,1-2H3/b11-10+,17-14+. The molecule has 1 aromatic carbocycles. The van der Waals surface area contributed by atoms with Gasteiger partial charge in [-0.15, -0.1) is 0 Å². The highest BCUT2D eigenvalue weighted by atomic mass is 16.6. The maximum Gasteiger partial charge on any atom is 0.330 e. The lowest BCUT2D eigenvalue weighted by Gasteiger charge is -2.19. The third kappa shape index (κ3) is 3.26. The van der Waals surface area contributed by atoms with Crippen molar-refractivity contribution >= 4 is 17.8 Å². The van der Waals surface area contributed by atoms with E-state index in [1.807, 2.05) is 12.1 Å². The van der Waals surface area contributed by atoms with Gasteiger partial charge in [-0.2, -0.15) is 0 Å². The SMILES string of the molecule is CCOC(=O)/C=C/c1cccc2c1/C(=N/OC)CCC2. The average molecular weight is 273 g/mol. The summed E-state index contributed by atoms with van der Waals surface area (Å²) >= 11 is 0. The van der Waals surface area contributed by atoms with Crippen molar-refractivity contribution in [3.8, 4) is 0 Å². The highest BCUT2D eigenvalue weighted by molar-refractivity contribution is 6.05. The third-order valence-corrected chi connectivity index (χ3v) is 3.22. The van der Waals surface area contributed by atoms with Gasteiger partial charge in [0.15, 0.2) is 0 Å². The van der Waals surface area contributed by atoms with E-state index >= 15 is 0 Å². The molecule has 0 bridgehead atoms. The smallest absolute Gasteiger partial charge is 0.330 e.